The Balaban J connectivity index is 1.75. The number of nitrogens with zero attached hydrogens (tertiary/aromatic N) is 2. The zero-order chi connectivity index (χ0) is 36.6. The molecule has 0 saturated carbocycles. The SMILES string of the molecule is CCCCCCCCCCCCCCCC(=O)N(CCCC[C@H](NC(=O)[C@@H]1COC(c2ccccc2O)=N1)C(=O)O)OCOCC[Si](C)(C)C. The Hall–Kier alpha value is -2.96. The van der Waals surface area contributed by atoms with E-state index in [2.05, 4.69) is 36.9 Å². The van der Waals surface area contributed by atoms with E-state index in [1.54, 1.807) is 18.2 Å². The molecule has 0 aromatic heterocycles. The Morgan fingerprint density at radius 2 is 1.56 bits per heavy atom. The highest BCUT2D eigenvalue weighted by molar-refractivity contribution is 6.76. The summed E-state index contributed by atoms with van der Waals surface area (Å²) < 4.78 is 11.2. The molecule has 284 valence electrons. The Kier molecular flexibility index (Phi) is 21.7. The van der Waals surface area contributed by atoms with Crippen LogP contribution in [0, 0.1) is 0 Å². The number of carbonyl (C=O) groups excluding carboxylic acids is 2. The minimum Gasteiger partial charge on any atom is -0.507 e. The van der Waals surface area contributed by atoms with E-state index >= 15 is 0 Å². The minimum atomic E-state index is -1.25. The second-order valence-corrected chi connectivity index (χ2v) is 20.2. The van der Waals surface area contributed by atoms with Crippen LogP contribution in [0.3, 0.4) is 0 Å². The highest BCUT2D eigenvalue weighted by Crippen LogP contribution is 2.21. The lowest BCUT2D eigenvalue weighted by Gasteiger charge is -2.23. The lowest BCUT2D eigenvalue weighted by atomic mass is 10.0. The second kappa shape index (κ2) is 25.1. The maximum atomic E-state index is 13.1. The first-order valence-electron chi connectivity index (χ1n) is 19.0. The van der Waals surface area contributed by atoms with Gasteiger partial charge in [0.2, 0.25) is 17.7 Å². The second-order valence-electron chi connectivity index (χ2n) is 14.6. The number of unbranched alkanes of at least 4 members (excludes halogenated alkanes) is 13. The van der Waals surface area contributed by atoms with Crippen molar-refractivity contribution in [3.8, 4) is 5.75 Å². The Bertz CT molecular complexity index is 1160. The van der Waals surface area contributed by atoms with E-state index in [0.717, 1.165) is 25.3 Å². The van der Waals surface area contributed by atoms with Crippen LogP contribution in [-0.4, -0.2) is 85.7 Å². The summed E-state index contributed by atoms with van der Waals surface area (Å²) in [5.41, 5.74) is 0.370. The summed E-state index contributed by atoms with van der Waals surface area (Å²) in [6, 6.07) is 5.48. The van der Waals surface area contributed by atoms with Gasteiger partial charge in [0.25, 0.3) is 0 Å². The molecule has 1 heterocycles. The third-order valence-corrected chi connectivity index (χ3v) is 10.6. The van der Waals surface area contributed by atoms with Crippen LogP contribution in [-0.2, 0) is 28.7 Å². The molecule has 11 nitrogen and oxygen atoms in total. The molecule has 2 rings (SSSR count). The molecule has 0 aliphatic carbocycles. The molecule has 2 amide bonds. The molecule has 0 saturated heterocycles. The summed E-state index contributed by atoms with van der Waals surface area (Å²) in [4.78, 5) is 47.9. The molecular weight excluding hydrogens is 655 g/mol. The van der Waals surface area contributed by atoms with Gasteiger partial charge in [-0.15, -0.1) is 0 Å². The number of hydroxylamine groups is 2. The fourth-order valence-electron chi connectivity index (χ4n) is 5.66. The van der Waals surface area contributed by atoms with Gasteiger partial charge in [-0.3, -0.25) is 9.59 Å². The van der Waals surface area contributed by atoms with Crippen LogP contribution >= 0.6 is 0 Å². The van der Waals surface area contributed by atoms with Gasteiger partial charge < -0.3 is 25.0 Å². The van der Waals surface area contributed by atoms with Gasteiger partial charge in [0.05, 0.1) is 5.56 Å². The summed E-state index contributed by atoms with van der Waals surface area (Å²) in [6.45, 7) is 9.92. The van der Waals surface area contributed by atoms with E-state index in [1.165, 1.54) is 75.3 Å². The number of ether oxygens (including phenoxy) is 2. The monoisotopic (exact) mass is 719 g/mol. The molecular formula is C38H65N3O8Si. The van der Waals surface area contributed by atoms with Crippen molar-refractivity contribution in [1.82, 2.24) is 10.4 Å². The summed E-state index contributed by atoms with van der Waals surface area (Å²) >= 11 is 0. The number of benzene rings is 1. The number of carboxylic acid groups (broad SMARTS) is 1. The zero-order valence-electron chi connectivity index (χ0n) is 31.3. The first-order valence-corrected chi connectivity index (χ1v) is 22.8. The number of amides is 2. The first kappa shape index (κ1) is 43.2. The maximum Gasteiger partial charge on any atom is 0.326 e. The number of hydrogen-bond acceptors (Lipinski definition) is 8. The predicted molar refractivity (Wildman–Crippen MR) is 200 cm³/mol. The van der Waals surface area contributed by atoms with E-state index in [0.29, 0.717) is 38.0 Å². The maximum absolute atomic E-state index is 13.1. The van der Waals surface area contributed by atoms with E-state index in [9.17, 15) is 24.6 Å². The number of phenols is 1. The van der Waals surface area contributed by atoms with Gasteiger partial charge in [-0.2, -0.15) is 0 Å². The first-order chi connectivity index (χ1) is 24.0. The average Bonchev–Trinajstić information content (AvgIpc) is 3.57. The molecule has 1 aromatic rings. The smallest absolute Gasteiger partial charge is 0.326 e. The van der Waals surface area contributed by atoms with Gasteiger partial charge in [0.1, 0.15) is 18.4 Å². The number of para-hydroxylation sites is 1. The molecule has 1 aliphatic rings. The molecule has 1 aromatic carbocycles. The van der Waals surface area contributed by atoms with Crippen molar-refractivity contribution in [2.24, 2.45) is 4.99 Å². The van der Waals surface area contributed by atoms with E-state index < -0.39 is 32.0 Å². The van der Waals surface area contributed by atoms with Crippen LogP contribution in [0.25, 0.3) is 0 Å². The molecule has 12 heteroatoms. The number of aliphatic carboxylic acids is 1. The topological polar surface area (TPSA) is 147 Å². The normalized spacial score (nSPS) is 15.0. The molecule has 0 fully saturated rings. The Morgan fingerprint density at radius 3 is 2.16 bits per heavy atom. The van der Waals surface area contributed by atoms with Gasteiger partial charge in [-0.05, 0) is 43.9 Å². The molecule has 1 aliphatic heterocycles. The summed E-state index contributed by atoms with van der Waals surface area (Å²) in [5.74, 6) is -1.68. The van der Waals surface area contributed by atoms with Crippen LogP contribution in [0.4, 0.5) is 0 Å². The van der Waals surface area contributed by atoms with E-state index in [1.807, 2.05) is 0 Å². The quantitative estimate of drug-likeness (QED) is 0.0329. The van der Waals surface area contributed by atoms with Crippen molar-refractivity contribution >= 4 is 31.8 Å². The van der Waals surface area contributed by atoms with Gasteiger partial charge in [-0.1, -0.05) is 116 Å². The standard InChI is InChI=1S/C38H65N3O8Si/c1-5-6-7-8-9-10-11-12-13-14-15-16-17-25-35(43)41(49-30-47-27-28-50(2,3)4)26-21-20-23-32(38(45)46)39-36(44)33-29-48-37(40-33)31-22-18-19-24-34(31)42/h18-19,22,24,32-33,42H,5-17,20-21,23,25-30H2,1-4H3,(H,39,44)(H,45,46)/t32-,33-/m0/s1. The lowest BCUT2D eigenvalue weighted by Crippen LogP contribution is -2.45. The minimum absolute atomic E-state index is 0.00461. The number of rotatable bonds is 29. The lowest BCUT2D eigenvalue weighted by molar-refractivity contribution is -0.223. The van der Waals surface area contributed by atoms with Crippen LogP contribution in [0.1, 0.15) is 122 Å². The van der Waals surface area contributed by atoms with Crippen LogP contribution in [0.15, 0.2) is 29.3 Å². The average molecular weight is 720 g/mol. The molecule has 50 heavy (non-hydrogen) atoms. The third-order valence-electron chi connectivity index (χ3n) is 8.87. The zero-order valence-corrected chi connectivity index (χ0v) is 32.3. The summed E-state index contributed by atoms with van der Waals surface area (Å²) in [6.07, 6.45) is 17.6. The van der Waals surface area contributed by atoms with Gasteiger partial charge in [-0.25, -0.2) is 19.7 Å². The number of nitrogens with one attached hydrogen (secondary N) is 1. The Labute approximate surface area is 301 Å². The number of carbonyl (C=O) groups is 3. The molecule has 0 unspecified atom stereocenters. The van der Waals surface area contributed by atoms with Gasteiger partial charge in [0.15, 0.2) is 12.8 Å². The van der Waals surface area contributed by atoms with Crippen LogP contribution in [0.2, 0.25) is 25.7 Å². The highest BCUT2D eigenvalue weighted by Gasteiger charge is 2.30. The Morgan fingerprint density at radius 1 is 0.940 bits per heavy atom. The van der Waals surface area contributed by atoms with Crippen molar-refractivity contribution in [2.45, 2.75) is 154 Å². The van der Waals surface area contributed by atoms with Crippen molar-refractivity contribution < 1.29 is 38.9 Å². The third kappa shape index (κ3) is 18.9. The number of aromatic hydroxyl groups is 1. The van der Waals surface area contributed by atoms with Gasteiger partial charge in [0, 0.05) is 27.6 Å². The summed E-state index contributed by atoms with van der Waals surface area (Å²) in [5, 5.41) is 23.8. The molecule has 2 atom stereocenters. The van der Waals surface area contributed by atoms with Crippen molar-refractivity contribution in [2.75, 3.05) is 26.6 Å². The fourth-order valence-corrected chi connectivity index (χ4v) is 6.41. The molecule has 0 spiro atoms. The van der Waals surface area contributed by atoms with Crippen molar-refractivity contribution in [3.05, 3.63) is 29.8 Å². The number of hydrogen-bond donors (Lipinski definition) is 3. The van der Waals surface area contributed by atoms with Gasteiger partial charge >= 0.3 is 5.97 Å². The van der Waals surface area contributed by atoms with E-state index in [4.69, 9.17) is 14.3 Å². The fraction of sp³-hybridized carbons (Fsp3) is 0.737. The number of phenolic OH excluding ortho intramolecular Hbond substituents is 1. The largest absolute Gasteiger partial charge is 0.507 e. The molecule has 0 radical (unpaired) electrons. The molecule has 0 bridgehead atoms. The molecule has 3 N–H and O–H groups in total. The number of carboxylic acids is 1. The highest BCUT2D eigenvalue weighted by atomic mass is 28.3. The summed E-state index contributed by atoms with van der Waals surface area (Å²) in [7, 11) is -1.25. The van der Waals surface area contributed by atoms with Crippen LogP contribution in [0.5, 0.6) is 5.75 Å². The van der Waals surface area contributed by atoms with Crippen molar-refractivity contribution in [1.29, 1.82) is 0 Å². The van der Waals surface area contributed by atoms with E-state index in [-0.39, 0.29) is 37.4 Å². The predicted octanol–water partition coefficient (Wildman–Crippen LogP) is 7.83. The number of aliphatic imine (C=N–C) groups is 1. The van der Waals surface area contributed by atoms with Crippen LogP contribution < -0.4 is 5.32 Å². The van der Waals surface area contributed by atoms with Crippen molar-refractivity contribution in [3.63, 3.8) is 0 Å².